The van der Waals surface area contributed by atoms with Gasteiger partial charge in [-0.15, -0.1) is 0 Å². The van der Waals surface area contributed by atoms with E-state index in [4.69, 9.17) is 16.0 Å². The number of likely N-dealkylation sites (tertiary alicyclic amines) is 1. The number of hydrogen-bond donors (Lipinski definition) is 0. The Morgan fingerprint density at radius 2 is 1.90 bits per heavy atom. The number of aromatic nitrogens is 2. The molecule has 1 fully saturated rings. The molecule has 0 bridgehead atoms. The Kier molecular flexibility index (Phi) is 5.43. The largest absolute Gasteiger partial charge is 0.443 e. The van der Waals surface area contributed by atoms with Gasteiger partial charge in [-0.1, -0.05) is 48.0 Å². The van der Waals surface area contributed by atoms with E-state index in [0.717, 1.165) is 41.5 Å². The molecular weight excluding hydrogens is 410 g/mol. The Morgan fingerprint density at radius 3 is 2.77 bits per heavy atom. The van der Waals surface area contributed by atoms with E-state index in [1.807, 2.05) is 59.5 Å². The average Bonchev–Trinajstić information content (AvgIpc) is 3.28. The zero-order valence-electron chi connectivity index (χ0n) is 17.0. The predicted octanol–water partition coefficient (Wildman–Crippen LogP) is 5.83. The Hall–Kier alpha value is -3.18. The molecule has 0 saturated carbocycles. The normalized spacial score (nSPS) is 16.5. The zero-order valence-corrected chi connectivity index (χ0v) is 17.8. The number of carbonyl (C=O) groups is 1. The van der Waals surface area contributed by atoms with Gasteiger partial charge < -0.3 is 9.32 Å². The number of benzene rings is 2. The van der Waals surface area contributed by atoms with Crippen molar-refractivity contribution in [3.05, 3.63) is 94.8 Å². The fourth-order valence-corrected chi connectivity index (χ4v) is 4.25. The molecule has 5 rings (SSSR count). The second-order valence-corrected chi connectivity index (χ2v) is 8.30. The Bertz CT molecular complexity index is 1220. The second kappa shape index (κ2) is 8.52. The molecule has 2 aromatic heterocycles. The Labute approximate surface area is 185 Å². The summed E-state index contributed by atoms with van der Waals surface area (Å²) >= 11 is 5.97. The molecule has 1 saturated heterocycles. The lowest BCUT2D eigenvalue weighted by Gasteiger charge is -2.33. The molecule has 156 valence electrons. The topological polar surface area (TPSA) is 59.2 Å². The minimum atomic E-state index is -0.173. The molecule has 1 amide bonds. The third-order valence-corrected chi connectivity index (χ3v) is 5.98. The van der Waals surface area contributed by atoms with E-state index >= 15 is 0 Å². The molecule has 0 spiro atoms. The molecular formula is C25H22ClN3O2. The molecule has 3 heterocycles. The van der Waals surface area contributed by atoms with E-state index in [0.29, 0.717) is 29.6 Å². The molecule has 0 aliphatic carbocycles. The second-order valence-electron chi connectivity index (χ2n) is 7.87. The third-order valence-electron chi connectivity index (χ3n) is 5.73. The van der Waals surface area contributed by atoms with Crippen molar-refractivity contribution in [3.63, 3.8) is 0 Å². The van der Waals surface area contributed by atoms with Crippen LogP contribution in [-0.4, -0.2) is 27.3 Å². The molecule has 31 heavy (non-hydrogen) atoms. The maximum atomic E-state index is 13.3. The number of piperidine rings is 1. The first kappa shape index (κ1) is 19.8. The van der Waals surface area contributed by atoms with Crippen molar-refractivity contribution in [3.8, 4) is 0 Å². The van der Waals surface area contributed by atoms with Crippen molar-refractivity contribution in [2.75, 3.05) is 6.54 Å². The van der Waals surface area contributed by atoms with Crippen LogP contribution in [0.25, 0.3) is 10.9 Å². The number of halogens is 1. The summed E-state index contributed by atoms with van der Waals surface area (Å²) < 4.78 is 6.09. The number of para-hydroxylation sites is 1. The first-order chi connectivity index (χ1) is 15.2. The van der Waals surface area contributed by atoms with Gasteiger partial charge in [0.05, 0.1) is 11.7 Å². The number of fused-ring (bicyclic) bond motifs is 1. The lowest BCUT2D eigenvalue weighted by atomic mass is 10.0. The van der Waals surface area contributed by atoms with E-state index in [2.05, 4.69) is 9.97 Å². The highest BCUT2D eigenvalue weighted by Gasteiger charge is 2.32. The van der Waals surface area contributed by atoms with Crippen LogP contribution in [0.5, 0.6) is 0 Å². The Balaban J connectivity index is 1.38. The molecule has 1 aliphatic rings. The number of amides is 1. The number of nitrogens with zero attached hydrogens (tertiary/aromatic N) is 3. The van der Waals surface area contributed by atoms with Crippen LogP contribution in [0.4, 0.5) is 0 Å². The van der Waals surface area contributed by atoms with Gasteiger partial charge in [0.1, 0.15) is 17.5 Å². The minimum absolute atomic E-state index is 0.0760. The average molecular weight is 432 g/mol. The summed E-state index contributed by atoms with van der Waals surface area (Å²) in [4.78, 5) is 24.3. The highest BCUT2D eigenvalue weighted by atomic mass is 35.5. The number of carbonyl (C=O) groups excluding carboxylic acids is 1. The lowest BCUT2D eigenvalue weighted by molar-refractivity contribution is 0.0564. The summed E-state index contributed by atoms with van der Waals surface area (Å²) in [6.07, 6.45) is 5.23. The van der Waals surface area contributed by atoms with Gasteiger partial charge in [0.25, 0.3) is 5.91 Å². The highest BCUT2D eigenvalue weighted by molar-refractivity contribution is 6.30. The molecule has 1 aliphatic heterocycles. The monoisotopic (exact) mass is 431 g/mol. The van der Waals surface area contributed by atoms with Gasteiger partial charge in [0, 0.05) is 23.4 Å². The van der Waals surface area contributed by atoms with Crippen LogP contribution in [0.2, 0.25) is 5.02 Å². The molecule has 1 unspecified atom stereocenters. The molecule has 6 heteroatoms. The van der Waals surface area contributed by atoms with E-state index in [1.165, 1.54) is 0 Å². The molecule has 5 nitrogen and oxygen atoms in total. The van der Waals surface area contributed by atoms with Crippen LogP contribution >= 0.6 is 11.6 Å². The van der Waals surface area contributed by atoms with Gasteiger partial charge in [-0.3, -0.25) is 4.79 Å². The molecule has 4 aromatic rings. The minimum Gasteiger partial charge on any atom is -0.443 e. The number of pyridine rings is 1. The fraction of sp³-hybridized carbons (Fsp3) is 0.240. The smallest absolute Gasteiger partial charge is 0.273 e. The molecule has 2 aromatic carbocycles. The number of rotatable bonds is 4. The van der Waals surface area contributed by atoms with Crippen molar-refractivity contribution >= 4 is 28.4 Å². The van der Waals surface area contributed by atoms with Crippen LogP contribution in [0, 0.1) is 0 Å². The number of hydrogen-bond acceptors (Lipinski definition) is 4. The van der Waals surface area contributed by atoms with Crippen molar-refractivity contribution in [1.82, 2.24) is 14.9 Å². The standard InChI is InChI=1S/C25H22ClN3O2/c26-19-11-8-17(9-12-19)15-20-16-27-24(31-20)23-7-3-4-14-29(23)25(30)22-13-10-18-5-1-2-6-21(18)28-22/h1-2,5-6,8-13,16,23H,3-4,7,14-15H2. The predicted molar refractivity (Wildman–Crippen MR) is 120 cm³/mol. The zero-order chi connectivity index (χ0) is 21.2. The van der Waals surface area contributed by atoms with Crippen LogP contribution < -0.4 is 0 Å². The van der Waals surface area contributed by atoms with Gasteiger partial charge >= 0.3 is 0 Å². The first-order valence-corrected chi connectivity index (χ1v) is 10.9. The van der Waals surface area contributed by atoms with Crippen molar-refractivity contribution in [2.45, 2.75) is 31.7 Å². The van der Waals surface area contributed by atoms with Crippen LogP contribution in [0.15, 0.2) is 71.3 Å². The fourth-order valence-electron chi connectivity index (χ4n) is 4.13. The summed E-state index contributed by atoms with van der Waals surface area (Å²) in [7, 11) is 0. The van der Waals surface area contributed by atoms with Gasteiger partial charge in [-0.2, -0.15) is 0 Å². The summed E-state index contributed by atoms with van der Waals surface area (Å²) in [6.45, 7) is 0.674. The quantitative estimate of drug-likeness (QED) is 0.407. The molecule has 0 N–H and O–H groups in total. The summed E-state index contributed by atoms with van der Waals surface area (Å²) in [5, 5.41) is 1.73. The maximum absolute atomic E-state index is 13.3. The number of oxazole rings is 1. The molecule has 0 radical (unpaired) electrons. The van der Waals surface area contributed by atoms with E-state index < -0.39 is 0 Å². The lowest BCUT2D eigenvalue weighted by Crippen LogP contribution is -2.39. The first-order valence-electron chi connectivity index (χ1n) is 10.5. The van der Waals surface area contributed by atoms with Gasteiger partial charge in [0.2, 0.25) is 5.89 Å². The van der Waals surface area contributed by atoms with Gasteiger partial charge in [-0.05, 0) is 49.1 Å². The Morgan fingerprint density at radius 1 is 1.06 bits per heavy atom. The maximum Gasteiger partial charge on any atom is 0.273 e. The summed E-state index contributed by atoms with van der Waals surface area (Å²) in [5.74, 6) is 1.30. The van der Waals surface area contributed by atoms with Crippen LogP contribution in [0.1, 0.15) is 53.0 Å². The van der Waals surface area contributed by atoms with Gasteiger partial charge in [-0.25, -0.2) is 9.97 Å². The molecule has 1 atom stereocenters. The third kappa shape index (κ3) is 4.19. The van der Waals surface area contributed by atoms with Crippen molar-refractivity contribution in [2.24, 2.45) is 0 Å². The van der Waals surface area contributed by atoms with Gasteiger partial charge in [0.15, 0.2) is 0 Å². The van der Waals surface area contributed by atoms with Crippen LogP contribution in [0.3, 0.4) is 0 Å². The van der Waals surface area contributed by atoms with Crippen molar-refractivity contribution in [1.29, 1.82) is 0 Å². The highest BCUT2D eigenvalue weighted by Crippen LogP contribution is 2.32. The van der Waals surface area contributed by atoms with E-state index in [-0.39, 0.29) is 11.9 Å². The summed E-state index contributed by atoms with van der Waals surface area (Å²) in [6, 6.07) is 19.1. The van der Waals surface area contributed by atoms with E-state index in [9.17, 15) is 4.79 Å². The summed E-state index contributed by atoms with van der Waals surface area (Å²) in [5.41, 5.74) is 2.38. The van der Waals surface area contributed by atoms with Crippen molar-refractivity contribution < 1.29 is 9.21 Å². The van der Waals surface area contributed by atoms with Crippen LogP contribution in [-0.2, 0) is 6.42 Å². The SMILES string of the molecule is O=C(c1ccc2ccccc2n1)N1CCCCC1c1ncc(Cc2ccc(Cl)cc2)o1. The van der Waals surface area contributed by atoms with E-state index in [1.54, 1.807) is 12.3 Å².